The lowest BCUT2D eigenvalue weighted by Crippen LogP contribution is -2.28. The maximum absolute atomic E-state index is 11.7. The molecule has 0 saturated carbocycles. The van der Waals surface area contributed by atoms with Crippen LogP contribution in [-0.2, 0) is 27.5 Å². The Balaban J connectivity index is 0. The molecule has 0 fully saturated rings. The molecule has 0 bridgehead atoms. The van der Waals surface area contributed by atoms with Gasteiger partial charge in [0.15, 0.2) is 5.78 Å². The van der Waals surface area contributed by atoms with E-state index in [1.54, 1.807) is 24.7 Å². The zero-order valence-corrected chi connectivity index (χ0v) is 15.3. The van der Waals surface area contributed by atoms with E-state index < -0.39 is 0 Å². The molecule has 0 aliphatic rings. The summed E-state index contributed by atoms with van der Waals surface area (Å²) in [4.78, 5) is 34.7. The SMILES string of the molecule is CC(C)CNC(=O)CCn1cc(CNC(=O)/C=C\C(=O)C(C)C)nn1.[HH].[HH]. The van der Waals surface area contributed by atoms with Gasteiger partial charge in [-0.05, 0) is 12.0 Å². The summed E-state index contributed by atoms with van der Waals surface area (Å²) in [6.45, 7) is 8.89. The summed E-state index contributed by atoms with van der Waals surface area (Å²) >= 11 is 0. The number of rotatable bonds is 10. The highest BCUT2D eigenvalue weighted by Gasteiger charge is 2.07. The van der Waals surface area contributed by atoms with Crippen LogP contribution in [0.3, 0.4) is 0 Å². The highest BCUT2D eigenvalue weighted by atomic mass is 16.2. The summed E-state index contributed by atoms with van der Waals surface area (Å²) in [6.07, 6.45) is 4.49. The van der Waals surface area contributed by atoms with Crippen LogP contribution in [0.4, 0.5) is 0 Å². The standard InChI is InChI=1S/C17H27N5O3.2H2/c1-12(2)9-18-17(25)7-8-22-11-14(20-21-22)10-19-16(24)6-5-15(23)13(3)4;;/h5-6,11-13H,7-10H2,1-4H3,(H,18,25)(H,19,24);2*1H/b6-5-;;. The third kappa shape index (κ3) is 8.78. The normalized spacial score (nSPS) is 11.3. The molecule has 0 spiro atoms. The van der Waals surface area contributed by atoms with E-state index in [1.807, 2.05) is 13.8 Å². The Kier molecular flexibility index (Phi) is 8.52. The molecule has 1 heterocycles. The fraction of sp³-hybridized carbons (Fsp3) is 0.588. The molecule has 25 heavy (non-hydrogen) atoms. The molecular formula is C17H31N5O3. The minimum absolute atomic E-state index is 0. The maximum Gasteiger partial charge on any atom is 0.244 e. The highest BCUT2D eigenvalue weighted by Crippen LogP contribution is 1.97. The molecule has 0 radical (unpaired) electrons. The van der Waals surface area contributed by atoms with E-state index in [0.717, 1.165) is 0 Å². The molecule has 1 aromatic rings. The minimum atomic E-state index is -0.364. The first-order valence-electron chi connectivity index (χ1n) is 8.43. The van der Waals surface area contributed by atoms with Crippen molar-refractivity contribution in [2.45, 2.75) is 47.2 Å². The number of hydrogen-bond donors (Lipinski definition) is 2. The number of allylic oxidation sites excluding steroid dienone is 1. The number of aromatic nitrogens is 3. The smallest absolute Gasteiger partial charge is 0.244 e. The van der Waals surface area contributed by atoms with Crippen molar-refractivity contribution in [1.82, 2.24) is 25.6 Å². The Bertz CT molecular complexity index is 630. The number of hydrogen-bond acceptors (Lipinski definition) is 5. The molecule has 0 aliphatic heterocycles. The van der Waals surface area contributed by atoms with E-state index in [0.29, 0.717) is 31.1 Å². The first kappa shape index (κ1) is 20.5. The lowest BCUT2D eigenvalue weighted by Gasteiger charge is -2.07. The summed E-state index contributed by atoms with van der Waals surface area (Å²) in [6, 6.07) is 0. The number of carbonyl (C=O) groups is 3. The van der Waals surface area contributed by atoms with Crippen LogP contribution in [-0.4, -0.2) is 39.1 Å². The van der Waals surface area contributed by atoms with Crippen molar-refractivity contribution in [3.05, 3.63) is 24.0 Å². The molecule has 8 heteroatoms. The van der Waals surface area contributed by atoms with Crippen LogP contribution in [0.1, 0.15) is 42.7 Å². The number of carbonyl (C=O) groups excluding carboxylic acids is 3. The van der Waals surface area contributed by atoms with Gasteiger partial charge in [0.05, 0.1) is 19.3 Å². The van der Waals surface area contributed by atoms with Crippen LogP contribution in [0.25, 0.3) is 0 Å². The highest BCUT2D eigenvalue weighted by molar-refractivity contribution is 5.98. The van der Waals surface area contributed by atoms with Crippen LogP contribution >= 0.6 is 0 Å². The van der Waals surface area contributed by atoms with Crippen LogP contribution in [0.15, 0.2) is 18.3 Å². The van der Waals surface area contributed by atoms with Crippen LogP contribution in [0.2, 0.25) is 0 Å². The van der Waals surface area contributed by atoms with Gasteiger partial charge in [-0.25, -0.2) is 0 Å². The van der Waals surface area contributed by atoms with Crippen LogP contribution < -0.4 is 10.6 Å². The van der Waals surface area contributed by atoms with E-state index >= 15 is 0 Å². The summed E-state index contributed by atoms with van der Waals surface area (Å²) in [5.74, 6) is -0.218. The van der Waals surface area contributed by atoms with Crippen molar-refractivity contribution in [2.24, 2.45) is 11.8 Å². The average molecular weight is 353 g/mol. The average Bonchev–Trinajstić information content (AvgIpc) is 3.01. The summed E-state index contributed by atoms with van der Waals surface area (Å²) in [7, 11) is 0. The summed E-state index contributed by atoms with van der Waals surface area (Å²) in [5, 5.41) is 13.3. The van der Waals surface area contributed by atoms with E-state index in [9.17, 15) is 14.4 Å². The third-order valence-electron chi connectivity index (χ3n) is 3.27. The van der Waals surface area contributed by atoms with E-state index in [-0.39, 0.29) is 32.9 Å². The molecule has 142 valence electrons. The maximum atomic E-state index is 11.7. The van der Waals surface area contributed by atoms with E-state index in [2.05, 4.69) is 20.9 Å². The molecule has 0 aromatic carbocycles. The summed E-state index contributed by atoms with van der Waals surface area (Å²) < 4.78 is 1.56. The number of amides is 2. The van der Waals surface area contributed by atoms with Gasteiger partial charge in [-0.1, -0.05) is 32.9 Å². The van der Waals surface area contributed by atoms with Crippen molar-refractivity contribution in [1.29, 1.82) is 0 Å². The zero-order valence-electron chi connectivity index (χ0n) is 15.3. The van der Waals surface area contributed by atoms with Crippen LogP contribution in [0.5, 0.6) is 0 Å². The van der Waals surface area contributed by atoms with E-state index in [1.165, 1.54) is 12.2 Å². The first-order chi connectivity index (χ1) is 11.8. The summed E-state index contributed by atoms with van der Waals surface area (Å²) in [5.41, 5.74) is 0.583. The molecular weight excluding hydrogens is 322 g/mol. The van der Waals surface area contributed by atoms with Gasteiger partial charge in [-0.3, -0.25) is 19.1 Å². The fourth-order valence-electron chi connectivity index (χ4n) is 1.74. The number of nitrogens with one attached hydrogen (secondary N) is 2. The van der Waals surface area contributed by atoms with Gasteiger partial charge in [0.1, 0.15) is 5.69 Å². The third-order valence-corrected chi connectivity index (χ3v) is 3.27. The van der Waals surface area contributed by atoms with Gasteiger partial charge in [-0.15, -0.1) is 5.10 Å². The molecule has 8 nitrogen and oxygen atoms in total. The fourth-order valence-corrected chi connectivity index (χ4v) is 1.74. The van der Waals surface area contributed by atoms with Gasteiger partial charge in [0, 0.05) is 27.8 Å². The number of aryl methyl sites for hydroxylation is 1. The Morgan fingerprint density at radius 2 is 1.92 bits per heavy atom. The van der Waals surface area contributed by atoms with Crippen molar-refractivity contribution in [3.63, 3.8) is 0 Å². The lowest BCUT2D eigenvalue weighted by atomic mass is 10.1. The van der Waals surface area contributed by atoms with E-state index in [4.69, 9.17) is 0 Å². The molecule has 1 aromatic heterocycles. The minimum Gasteiger partial charge on any atom is -0.356 e. The lowest BCUT2D eigenvalue weighted by molar-refractivity contribution is -0.121. The molecule has 0 saturated heterocycles. The second-order valence-electron chi connectivity index (χ2n) is 6.53. The molecule has 0 aliphatic carbocycles. The number of ketones is 1. The van der Waals surface area contributed by atoms with Gasteiger partial charge in [-0.2, -0.15) is 0 Å². The van der Waals surface area contributed by atoms with Crippen molar-refractivity contribution in [2.75, 3.05) is 6.54 Å². The Labute approximate surface area is 151 Å². The quantitative estimate of drug-likeness (QED) is 0.617. The molecule has 0 unspecified atom stereocenters. The second kappa shape index (κ2) is 10.4. The largest absolute Gasteiger partial charge is 0.356 e. The number of nitrogens with zero attached hydrogens (tertiary/aromatic N) is 3. The van der Waals surface area contributed by atoms with Gasteiger partial charge in [0.2, 0.25) is 11.8 Å². The van der Waals surface area contributed by atoms with Gasteiger partial charge < -0.3 is 10.6 Å². The first-order valence-corrected chi connectivity index (χ1v) is 8.43. The van der Waals surface area contributed by atoms with Crippen molar-refractivity contribution >= 4 is 17.6 Å². The second-order valence-corrected chi connectivity index (χ2v) is 6.53. The predicted molar refractivity (Wildman–Crippen MR) is 97.5 cm³/mol. The van der Waals surface area contributed by atoms with Crippen LogP contribution in [0, 0.1) is 11.8 Å². The monoisotopic (exact) mass is 353 g/mol. The Morgan fingerprint density at radius 3 is 2.56 bits per heavy atom. The van der Waals surface area contributed by atoms with Gasteiger partial charge >= 0.3 is 0 Å². The molecule has 2 amide bonds. The molecule has 0 atom stereocenters. The Hall–Kier alpha value is -2.51. The Morgan fingerprint density at radius 1 is 1.20 bits per heavy atom. The molecule has 2 N–H and O–H groups in total. The topological polar surface area (TPSA) is 106 Å². The predicted octanol–water partition coefficient (Wildman–Crippen LogP) is 1.33. The molecule has 1 rings (SSSR count). The van der Waals surface area contributed by atoms with Crippen molar-refractivity contribution in [3.8, 4) is 0 Å². The van der Waals surface area contributed by atoms with Crippen molar-refractivity contribution < 1.29 is 17.2 Å². The van der Waals surface area contributed by atoms with Gasteiger partial charge in [0.25, 0.3) is 0 Å². The zero-order chi connectivity index (χ0) is 18.8.